The summed E-state index contributed by atoms with van der Waals surface area (Å²) in [4.78, 5) is 12.0. The van der Waals surface area contributed by atoms with E-state index in [1.54, 1.807) is 12.1 Å². The molecule has 0 unspecified atom stereocenters. The first kappa shape index (κ1) is 12.0. The molecule has 0 amide bonds. The van der Waals surface area contributed by atoms with Crippen LogP contribution >= 0.6 is 22.6 Å². The lowest BCUT2D eigenvalue weighted by Gasteiger charge is -2.03. The van der Waals surface area contributed by atoms with Gasteiger partial charge in [0.25, 0.3) is 0 Å². The zero-order valence-electron chi connectivity index (χ0n) is 8.78. The molecule has 2 aromatic carbocycles. The maximum Gasteiger partial charge on any atom is 0.193 e. The van der Waals surface area contributed by atoms with E-state index in [2.05, 4.69) is 22.6 Å². The average Bonchev–Trinajstić information content (AvgIpc) is 2.33. The summed E-state index contributed by atoms with van der Waals surface area (Å²) < 4.78 is 14.0. The Kier molecular flexibility index (Phi) is 3.42. The maximum atomic E-state index is 13.0. The Morgan fingerprint density at radius 3 is 2.24 bits per heavy atom. The summed E-state index contributed by atoms with van der Waals surface area (Å²) in [5, 5.41) is 0. The number of benzene rings is 2. The Morgan fingerprint density at radius 2 is 1.65 bits per heavy atom. The van der Waals surface area contributed by atoms with E-state index >= 15 is 0 Å². The van der Waals surface area contributed by atoms with Gasteiger partial charge in [-0.15, -0.1) is 0 Å². The minimum atomic E-state index is -0.510. The molecule has 0 aromatic heterocycles. The van der Waals surface area contributed by atoms with Crippen LogP contribution in [-0.2, 0) is 0 Å². The molecule has 0 radical (unpaired) electrons. The largest absolute Gasteiger partial charge is 0.396 e. The van der Waals surface area contributed by atoms with E-state index in [1.165, 1.54) is 18.2 Å². The monoisotopic (exact) mass is 341 g/mol. The van der Waals surface area contributed by atoms with Crippen molar-refractivity contribution in [3.8, 4) is 0 Å². The van der Waals surface area contributed by atoms with Gasteiger partial charge < -0.3 is 5.73 Å². The molecule has 0 aliphatic heterocycles. The van der Waals surface area contributed by atoms with E-state index in [0.29, 0.717) is 11.1 Å². The van der Waals surface area contributed by atoms with Gasteiger partial charge in [-0.2, -0.15) is 0 Å². The van der Waals surface area contributed by atoms with E-state index in [-0.39, 0.29) is 11.5 Å². The summed E-state index contributed by atoms with van der Waals surface area (Å²) in [5.41, 5.74) is 6.38. The third-order valence-corrected chi connectivity index (χ3v) is 3.08. The quantitative estimate of drug-likeness (QED) is 0.518. The predicted octanol–water partition coefficient (Wildman–Crippen LogP) is 3.24. The number of ketones is 1. The second-order valence-corrected chi connectivity index (χ2v) is 4.82. The number of hydrogen-bond acceptors (Lipinski definition) is 2. The van der Waals surface area contributed by atoms with E-state index < -0.39 is 5.82 Å². The van der Waals surface area contributed by atoms with Gasteiger partial charge in [-0.3, -0.25) is 4.79 Å². The Bertz CT molecular complexity index is 566. The average molecular weight is 341 g/mol. The predicted molar refractivity (Wildman–Crippen MR) is 73.4 cm³/mol. The third-order valence-electron chi connectivity index (χ3n) is 2.36. The SMILES string of the molecule is Nc1cc(C(=O)c2ccc(I)cc2)ccc1F. The highest BCUT2D eigenvalue weighted by Crippen LogP contribution is 2.16. The number of anilines is 1. The molecule has 0 heterocycles. The Labute approximate surface area is 112 Å². The summed E-state index contributed by atoms with van der Waals surface area (Å²) in [6.07, 6.45) is 0. The number of halogens is 2. The third kappa shape index (κ3) is 2.63. The maximum absolute atomic E-state index is 13.0. The Hall–Kier alpha value is -1.43. The molecule has 17 heavy (non-hydrogen) atoms. The number of carbonyl (C=O) groups is 1. The topological polar surface area (TPSA) is 43.1 Å². The standard InChI is InChI=1S/C13H9FINO/c14-11-6-3-9(7-12(11)16)13(17)8-1-4-10(15)5-2-8/h1-7H,16H2. The molecule has 0 fully saturated rings. The summed E-state index contributed by atoms with van der Waals surface area (Å²) in [6.45, 7) is 0. The molecular weight excluding hydrogens is 332 g/mol. The smallest absolute Gasteiger partial charge is 0.193 e. The minimum absolute atomic E-state index is 0.0126. The van der Waals surface area contributed by atoms with Crippen LogP contribution < -0.4 is 5.73 Å². The molecule has 2 N–H and O–H groups in total. The van der Waals surface area contributed by atoms with Crippen molar-refractivity contribution in [2.75, 3.05) is 5.73 Å². The first-order valence-corrected chi connectivity index (χ1v) is 6.01. The number of nitrogen functional groups attached to an aromatic ring is 1. The Balaban J connectivity index is 2.37. The van der Waals surface area contributed by atoms with Crippen LogP contribution in [0.4, 0.5) is 10.1 Å². The molecule has 0 aliphatic carbocycles. The van der Waals surface area contributed by atoms with Crippen LogP contribution in [-0.4, -0.2) is 5.78 Å². The molecule has 2 rings (SSSR count). The fourth-order valence-electron chi connectivity index (χ4n) is 1.45. The molecular formula is C13H9FINO. The van der Waals surface area contributed by atoms with Crippen molar-refractivity contribution in [1.82, 2.24) is 0 Å². The van der Waals surface area contributed by atoms with Gasteiger partial charge in [0.1, 0.15) is 5.82 Å². The van der Waals surface area contributed by atoms with Gasteiger partial charge in [-0.1, -0.05) is 0 Å². The van der Waals surface area contributed by atoms with Crippen LogP contribution in [0.1, 0.15) is 15.9 Å². The summed E-state index contributed by atoms with van der Waals surface area (Å²) in [5.74, 6) is -0.669. The highest BCUT2D eigenvalue weighted by Gasteiger charge is 2.10. The zero-order chi connectivity index (χ0) is 12.4. The molecule has 0 spiro atoms. The van der Waals surface area contributed by atoms with Gasteiger partial charge >= 0.3 is 0 Å². The molecule has 0 atom stereocenters. The highest BCUT2D eigenvalue weighted by molar-refractivity contribution is 14.1. The van der Waals surface area contributed by atoms with Gasteiger partial charge in [0.2, 0.25) is 0 Å². The van der Waals surface area contributed by atoms with Gasteiger partial charge in [0, 0.05) is 14.7 Å². The summed E-state index contributed by atoms with van der Waals surface area (Å²) in [7, 11) is 0. The molecule has 86 valence electrons. The number of carbonyl (C=O) groups excluding carboxylic acids is 1. The second kappa shape index (κ2) is 4.83. The van der Waals surface area contributed by atoms with Crippen LogP contribution in [0.15, 0.2) is 42.5 Å². The van der Waals surface area contributed by atoms with Crippen molar-refractivity contribution < 1.29 is 9.18 Å². The molecule has 0 saturated carbocycles. The molecule has 2 nitrogen and oxygen atoms in total. The van der Waals surface area contributed by atoms with Gasteiger partial charge in [0.15, 0.2) is 5.78 Å². The van der Waals surface area contributed by atoms with E-state index in [4.69, 9.17) is 5.73 Å². The van der Waals surface area contributed by atoms with Crippen LogP contribution in [0.3, 0.4) is 0 Å². The second-order valence-electron chi connectivity index (χ2n) is 3.57. The number of hydrogen-bond donors (Lipinski definition) is 1. The van der Waals surface area contributed by atoms with Crippen molar-refractivity contribution in [2.24, 2.45) is 0 Å². The molecule has 2 aromatic rings. The van der Waals surface area contributed by atoms with Gasteiger partial charge in [0.05, 0.1) is 5.69 Å². The van der Waals surface area contributed by atoms with Crippen molar-refractivity contribution >= 4 is 34.1 Å². The summed E-state index contributed by atoms with van der Waals surface area (Å²) >= 11 is 2.16. The van der Waals surface area contributed by atoms with Gasteiger partial charge in [-0.25, -0.2) is 4.39 Å². The number of rotatable bonds is 2. The summed E-state index contributed by atoms with van der Waals surface area (Å²) in [6, 6.07) is 11.2. The zero-order valence-corrected chi connectivity index (χ0v) is 10.9. The number of nitrogens with two attached hydrogens (primary N) is 1. The molecule has 0 bridgehead atoms. The normalized spacial score (nSPS) is 10.2. The lowest BCUT2D eigenvalue weighted by molar-refractivity contribution is 0.103. The lowest BCUT2D eigenvalue weighted by Crippen LogP contribution is -2.03. The first-order valence-electron chi connectivity index (χ1n) is 4.93. The van der Waals surface area contributed by atoms with Crippen LogP contribution in [0.25, 0.3) is 0 Å². The van der Waals surface area contributed by atoms with Crippen molar-refractivity contribution in [3.63, 3.8) is 0 Å². The molecule has 4 heteroatoms. The molecule has 0 saturated heterocycles. The molecule has 0 aliphatic rings. The fraction of sp³-hybridized carbons (Fsp3) is 0. The Morgan fingerprint density at radius 1 is 1.06 bits per heavy atom. The van der Waals surface area contributed by atoms with E-state index in [1.807, 2.05) is 12.1 Å². The van der Waals surface area contributed by atoms with Crippen LogP contribution in [0.5, 0.6) is 0 Å². The van der Waals surface area contributed by atoms with Crippen LogP contribution in [0.2, 0.25) is 0 Å². The van der Waals surface area contributed by atoms with Crippen LogP contribution in [0, 0.1) is 9.39 Å². The fourth-order valence-corrected chi connectivity index (χ4v) is 1.81. The van der Waals surface area contributed by atoms with Gasteiger partial charge in [-0.05, 0) is 65.1 Å². The highest BCUT2D eigenvalue weighted by atomic mass is 127. The first-order chi connectivity index (χ1) is 8.08. The van der Waals surface area contributed by atoms with E-state index in [9.17, 15) is 9.18 Å². The lowest BCUT2D eigenvalue weighted by atomic mass is 10.0. The van der Waals surface area contributed by atoms with Crippen molar-refractivity contribution in [3.05, 3.63) is 63.0 Å². The van der Waals surface area contributed by atoms with E-state index in [0.717, 1.165) is 3.57 Å². The minimum Gasteiger partial charge on any atom is -0.396 e. The van der Waals surface area contributed by atoms with Crippen molar-refractivity contribution in [2.45, 2.75) is 0 Å². The van der Waals surface area contributed by atoms with Crippen molar-refractivity contribution in [1.29, 1.82) is 0 Å².